The maximum atomic E-state index is 13.0. The Morgan fingerprint density at radius 2 is 1.87 bits per heavy atom. The molecular weight excluding hydrogens is 388 g/mol. The van der Waals surface area contributed by atoms with Gasteiger partial charge in [-0.05, 0) is 43.7 Å². The van der Waals surface area contributed by atoms with Crippen molar-refractivity contribution < 1.29 is 9.53 Å². The minimum Gasteiger partial charge on any atom is -0.492 e. The van der Waals surface area contributed by atoms with E-state index in [1.165, 1.54) is 5.56 Å². The van der Waals surface area contributed by atoms with Gasteiger partial charge in [0.1, 0.15) is 12.4 Å². The predicted octanol–water partition coefficient (Wildman–Crippen LogP) is 4.68. The van der Waals surface area contributed by atoms with Crippen LogP contribution in [-0.4, -0.2) is 26.9 Å². The van der Waals surface area contributed by atoms with Crippen LogP contribution >= 0.6 is 0 Å². The van der Waals surface area contributed by atoms with E-state index in [1.54, 1.807) is 6.20 Å². The van der Waals surface area contributed by atoms with Crippen molar-refractivity contribution >= 4 is 11.6 Å². The molecular formula is C25H26N4O2. The van der Waals surface area contributed by atoms with Crippen molar-refractivity contribution in [3.05, 3.63) is 102 Å². The summed E-state index contributed by atoms with van der Waals surface area (Å²) in [5, 5.41) is 7.16. The highest BCUT2D eigenvalue weighted by Gasteiger charge is 2.16. The number of hydrogen-bond acceptors (Lipinski definition) is 3. The second kappa shape index (κ2) is 9.34. The van der Waals surface area contributed by atoms with Crippen LogP contribution in [0.15, 0.2) is 79.1 Å². The molecule has 0 unspecified atom stereocenters. The molecule has 1 amide bonds. The van der Waals surface area contributed by atoms with Crippen LogP contribution in [0.1, 0.15) is 27.3 Å². The van der Waals surface area contributed by atoms with Crippen LogP contribution in [0.4, 0.5) is 5.69 Å². The van der Waals surface area contributed by atoms with Gasteiger partial charge in [0.05, 0.1) is 12.1 Å². The molecule has 0 atom stereocenters. The molecule has 0 aliphatic heterocycles. The summed E-state index contributed by atoms with van der Waals surface area (Å²) in [6.45, 7) is 5.92. The van der Waals surface area contributed by atoms with Crippen LogP contribution in [0.5, 0.6) is 5.75 Å². The molecule has 1 N–H and O–H groups in total. The maximum Gasteiger partial charge on any atom is 0.257 e. The number of aromatic nitrogens is 3. The second-order valence-corrected chi connectivity index (χ2v) is 7.46. The van der Waals surface area contributed by atoms with E-state index in [9.17, 15) is 4.79 Å². The highest BCUT2D eigenvalue weighted by atomic mass is 16.5. The molecule has 4 rings (SSSR count). The van der Waals surface area contributed by atoms with Crippen molar-refractivity contribution in [3.8, 4) is 5.75 Å². The van der Waals surface area contributed by atoms with Crippen molar-refractivity contribution in [2.75, 3.05) is 11.9 Å². The Labute approximate surface area is 182 Å². The number of anilines is 1. The lowest BCUT2D eigenvalue weighted by Gasteiger charge is -2.11. The molecule has 2 aromatic heterocycles. The Morgan fingerprint density at radius 3 is 2.65 bits per heavy atom. The molecule has 0 radical (unpaired) electrons. The highest BCUT2D eigenvalue weighted by Crippen LogP contribution is 2.21. The zero-order valence-electron chi connectivity index (χ0n) is 17.8. The van der Waals surface area contributed by atoms with E-state index in [2.05, 4.69) is 27.1 Å². The molecule has 31 heavy (non-hydrogen) atoms. The second-order valence-electron chi connectivity index (χ2n) is 7.46. The van der Waals surface area contributed by atoms with E-state index >= 15 is 0 Å². The Hall–Kier alpha value is -3.80. The molecule has 6 nitrogen and oxygen atoms in total. The SMILES string of the molecule is Cc1cc(C(=O)Nc2cccc(OCCn3cccn3)c2)c(C)n1Cc1ccccc1. The summed E-state index contributed by atoms with van der Waals surface area (Å²) in [5.41, 5.74) is 4.59. The quantitative estimate of drug-likeness (QED) is 0.455. The summed E-state index contributed by atoms with van der Waals surface area (Å²) >= 11 is 0. The molecule has 0 fully saturated rings. The van der Waals surface area contributed by atoms with Crippen LogP contribution in [-0.2, 0) is 13.1 Å². The Kier molecular flexibility index (Phi) is 6.17. The van der Waals surface area contributed by atoms with Crippen LogP contribution < -0.4 is 10.1 Å². The van der Waals surface area contributed by atoms with Gasteiger partial charge >= 0.3 is 0 Å². The van der Waals surface area contributed by atoms with Gasteiger partial charge < -0.3 is 14.6 Å². The number of carbonyl (C=O) groups is 1. The lowest BCUT2D eigenvalue weighted by molar-refractivity contribution is 0.102. The van der Waals surface area contributed by atoms with Gasteiger partial charge in [-0.1, -0.05) is 36.4 Å². The first-order valence-corrected chi connectivity index (χ1v) is 10.3. The van der Waals surface area contributed by atoms with Gasteiger partial charge in [0, 0.05) is 42.1 Å². The first kappa shape index (κ1) is 20.5. The van der Waals surface area contributed by atoms with E-state index in [0.717, 1.165) is 17.9 Å². The zero-order valence-corrected chi connectivity index (χ0v) is 17.8. The van der Waals surface area contributed by atoms with E-state index in [4.69, 9.17) is 4.74 Å². The minimum atomic E-state index is -0.124. The Morgan fingerprint density at radius 1 is 1.03 bits per heavy atom. The summed E-state index contributed by atoms with van der Waals surface area (Å²) < 4.78 is 9.79. The van der Waals surface area contributed by atoms with Crippen molar-refractivity contribution in [1.82, 2.24) is 14.3 Å². The molecule has 0 aliphatic carbocycles. The number of amides is 1. The number of nitrogens with zero attached hydrogens (tertiary/aromatic N) is 3. The Balaban J connectivity index is 1.42. The van der Waals surface area contributed by atoms with Gasteiger partial charge in [0.2, 0.25) is 0 Å². The fraction of sp³-hybridized carbons (Fsp3) is 0.200. The van der Waals surface area contributed by atoms with Crippen LogP contribution in [0.3, 0.4) is 0 Å². The number of nitrogens with one attached hydrogen (secondary N) is 1. The first-order chi connectivity index (χ1) is 15.1. The van der Waals surface area contributed by atoms with E-state index in [1.807, 2.05) is 79.3 Å². The number of ether oxygens (including phenoxy) is 1. The molecule has 0 bridgehead atoms. The highest BCUT2D eigenvalue weighted by molar-refractivity contribution is 6.05. The predicted molar refractivity (Wildman–Crippen MR) is 122 cm³/mol. The molecule has 0 saturated heterocycles. The summed E-state index contributed by atoms with van der Waals surface area (Å²) in [6.07, 6.45) is 3.64. The zero-order chi connectivity index (χ0) is 21.6. The molecule has 6 heteroatoms. The van der Waals surface area contributed by atoms with Gasteiger partial charge in [-0.3, -0.25) is 9.48 Å². The number of aryl methyl sites for hydroxylation is 1. The lowest BCUT2D eigenvalue weighted by atomic mass is 10.2. The maximum absolute atomic E-state index is 13.0. The van der Waals surface area contributed by atoms with Crippen molar-refractivity contribution in [1.29, 1.82) is 0 Å². The monoisotopic (exact) mass is 414 g/mol. The number of rotatable bonds is 8. The largest absolute Gasteiger partial charge is 0.492 e. The van der Waals surface area contributed by atoms with Gasteiger partial charge in [-0.25, -0.2) is 0 Å². The fourth-order valence-electron chi connectivity index (χ4n) is 3.59. The van der Waals surface area contributed by atoms with Crippen LogP contribution in [0.25, 0.3) is 0 Å². The van der Waals surface area contributed by atoms with Gasteiger partial charge in [0.15, 0.2) is 0 Å². The summed E-state index contributed by atoms with van der Waals surface area (Å²) in [4.78, 5) is 13.0. The summed E-state index contributed by atoms with van der Waals surface area (Å²) in [7, 11) is 0. The topological polar surface area (TPSA) is 61.1 Å². The molecule has 0 saturated carbocycles. The Bertz CT molecular complexity index is 1150. The third-order valence-corrected chi connectivity index (χ3v) is 5.24. The summed E-state index contributed by atoms with van der Waals surface area (Å²) in [5.74, 6) is 0.584. The third kappa shape index (κ3) is 5.04. The van der Waals surface area contributed by atoms with Crippen molar-refractivity contribution in [3.63, 3.8) is 0 Å². The smallest absolute Gasteiger partial charge is 0.257 e. The number of benzene rings is 2. The first-order valence-electron chi connectivity index (χ1n) is 10.3. The lowest BCUT2D eigenvalue weighted by Crippen LogP contribution is -2.14. The molecule has 0 aliphatic rings. The molecule has 2 aromatic carbocycles. The normalized spacial score (nSPS) is 10.8. The number of hydrogen-bond donors (Lipinski definition) is 1. The van der Waals surface area contributed by atoms with Gasteiger partial charge in [-0.15, -0.1) is 0 Å². The van der Waals surface area contributed by atoms with Crippen molar-refractivity contribution in [2.45, 2.75) is 26.9 Å². The molecule has 2 heterocycles. The van der Waals surface area contributed by atoms with E-state index in [-0.39, 0.29) is 5.91 Å². The third-order valence-electron chi connectivity index (χ3n) is 5.24. The van der Waals surface area contributed by atoms with Gasteiger partial charge in [0.25, 0.3) is 5.91 Å². The van der Waals surface area contributed by atoms with E-state index < -0.39 is 0 Å². The van der Waals surface area contributed by atoms with Crippen molar-refractivity contribution in [2.24, 2.45) is 0 Å². The fourth-order valence-corrected chi connectivity index (χ4v) is 3.59. The summed E-state index contributed by atoms with van der Waals surface area (Å²) in [6, 6.07) is 21.5. The van der Waals surface area contributed by atoms with E-state index in [0.29, 0.717) is 30.2 Å². The standard InChI is InChI=1S/C25H26N4O2/c1-19-16-24(20(2)29(19)18-21-8-4-3-5-9-21)25(30)27-22-10-6-11-23(17-22)31-15-14-28-13-7-12-26-28/h3-13,16-17H,14-15,18H2,1-2H3,(H,27,30). The minimum absolute atomic E-state index is 0.124. The number of carbonyl (C=O) groups excluding carboxylic acids is 1. The van der Waals surface area contributed by atoms with Gasteiger partial charge in [-0.2, -0.15) is 5.10 Å². The average molecular weight is 415 g/mol. The average Bonchev–Trinajstić information content (AvgIpc) is 3.38. The van der Waals surface area contributed by atoms with Crippen LogP contribution in [0, 0.1) is 13.8 Å². The molecule has 158 valence electrons. The molecule has 4 aromatic rings. The van der Waals surface area contributed by atoms with Crippen LogP contribution in [0.2, 0.25) is 0 Å². The molecule has 0 spiro atoms.